The fourth-order valence-corrected chi connectivity index (χ4v) is 3.53. The van der Waals surface area contributed by atoms with Crippen molar-refractivity contribution in [3.8, 4) is 0 Å². The molecule has 21 heavy (non-hydrogen) atoms. The number of hydrogen-bond acceptors (Lipinski definition) is 4. The van der Waals surface area contributed by atoms with Crippen LogP contribution in [0, 0.1) is 5.92 Å². The summed E-state index contributed by atoms with van der Waals surface area (Å²) in [5.74, 6) is -0.408. The van der Waals surface area contributed by atoms with E-state index in [0.29, 0.717) is 12.1 Å². The van der Waals surface area contributed by atoms with Crippen LogP contribution in [0.2, 0.25) is 0 Å². The van der Waals surface area contributed by atoms with Gasteiger partial charge >= 0.3 is 0 Å². The van der Waals surface area contributed by atoms with Crippen molar-refractivity contribution in [1.82, 2.24) is 4.31 Å². The van der Waals surface area contributed by atoms with Gasteiger partial charge in [0.25, 0.3) is 0 Å². The molecule has 7 heteroatoms. The average Bonchev–Trinajstić information content (AvgIpc) is 2.35. The molecule has 118 valence electrons. The van der Waals surface area contributed by atoms with Crippen molar-refractivity contribution in [2.75, 3.05) is 18.0 Å². The van der Waals surface area contributed by atoms with Crippen LogP contribution in [0.25, 0.3) is 0 Å². The lowest BCUT2D eigenvalue weighted by Crippen LogP contribution is -2.39. The molecule has 0 fully saturated rings. The molecule has 0 bridgehead atoms. The van der Waals surface area contributed by atoms with Gasteiger partial charge in [-0.1, -0.05) is 26.0 Å². The van der Waals surface area contributed by atoms with E-state index in [1.807, 2.05) is 13.8 Å². The predicted molar refractivity (Wildman–Crippen MR) is 83.7 cm³/mol. The van der Waals surface area contributed by atoms with Crippen LogP contribution in [-0.4, -0.2) is 30.9 Å². The van der Waals surface area contributed by atoms with Gasteiger partial charge in [-0.2, -0.15) is 4.31 Å². The molecule has 0 atom stereocenters. The number of sulfonamides is 1. The normalized spacial score (nSPS) is 12.0. The molecule has 6 nitrogen and oxygen atoms in total. The van der Waals surface area contributed by atoms with Gasteiger partial charge in [0.15, 0.2) is 0 Å². The third-order valence-corrected chi connectivity index (χ3v) is 4.79. The van der Waals surface area contributed by atoms with Crippen LogP contribution in [-0.2, 0) is 21.4 Å². The van der Waals surface area contributed by atoms with Crippen LogP contribution in [0.1, 0.15) is 25.8 Å². The van der Waals surface area contributed by atoms with Crippen LogP contribution in [0.15, 0.2) is 24.3 Å². The molecule has 0 radical (unpaired) electrons. The molecule has 0 aromatic heterocycles. The highest BCUT2D eigenvalue weighted by Gasteiger charge is 2.24. The van der Waals surface area contributed by atoms with Gasteiger partial charge in [0.2, 0.25) is 15.9 Å². The molecule has 0 saturated heterocycles. The molecule has 1 amide bonds. The quantitative estimate of drug-likeness (QED) is 0.696. The monoisotopic (exact) mass is 313 g/mol. The number of primary amides is 1. The topological polar surface area (TPSA) is 106 Å². The van der Waals surface area contributed by atoms with Gasteiger partial charge in [0.1, 0.15) is 0 Å². The molecule has 0 aliphatic carbocycles. The molecule has 1 aromatic carbocycles. The Balaban J connectivity index is 2.92. The van der Waals surface area contributed by atoms with Crippen molar-refractivity contribution in [3.63, 3.8) is 0 Å². The Morgan fingerprint density at radius 2 is 2.00 bits per heavy atom. The Labute approximate surface area is 126 Å². The molecular formula is C14H23N3O3S. The zero-order valence-electron chi connectivity index (χ0n) is 12.5. The predicted octanol–water partition coefficient (Wildman–Crippen LogP) is 0.932. The molecular weight excluding hydrogens is 290 g/mol. The minimum Gasteiger partial charge on any atom is -0.399 e. The minimum absolute atomic E-state index is 0.000260. The van der Waals surface area contributed by atoms with Gasteiger partial charge in [-0.25, -0.2) is 8.42 Å². The second-order valence-corrected chi connectivity index (χ2v) is 7.57. The zero-order valence-corrected chi connectivity index (χ0v) is 13.3. The van der Waals surface area contributed by atoms with E-state index in [4.69, 9.17) is 11.5 Å². The van der Waals surface area contributed by atoms with Gasteiger partial charge in [-0.15, -0.1) is 0 Å². The van der Waals surface area contributed by atoms with Gasteiger partial charge in [-0.05, 0) is 30.0 Å². The SMILES string of the molecule is CC(C)CCS(=O)(=O)N(CC(N)=O)Cc1cccc(N)c1. The van der Waals surface area contributed by atoms with Crippen LogP contribution in [0.4, 0.5) is 5.69 Å². The number of nitrogens with zero attached hydrogens (tertiary/aromatic N) is 1. The first-order chi connectivity index (χ1) is 9.70. The van der Waals surface area contributed by atoms with Crippen molar-refractivity contribution in [1.29, 1.82) is 0 Å². The molecule has 0 unspecified atom stereocenters. The lowest BCUT2D eigenvalue weighted by molar-refractivity contribution is -0.118. The maximum Gasteiger partial charge on any atom is 0.232 e. The largest absolute Gasteiger partial charge is 0.399 e. The van der Waals surface area contributed by atoms with E-state index < -0.39 is 15.9 Å². The molecule has 0 aliphatic rings. The van der Waals surface area contributed by atoms with Gasteiger partial charge in [0, 0.05) is 12.2 Å². The molecule has 1 rings (SSSR count). The summed E-state index contributed by atoms with van der Waals surface area (Å²) in [6.45, 7) is 3.67. The standard InChI is InChI=1S/C14H23N3O3S/c1-11(2)6-7-21(19,20)17(10-14(16)18)9-12-4-3-5-13(15)8-12/h3-5,8,11H,6-7,9-10,15H2,1-2H3,(H2,16,18). The van der Waals surface area contributed by atoms with E-state index in [1.54, 1.807) is 24.3 Å². The third-order valence-electron chi connectivity index (χ3n) is 2.99. The van der Waals surface area contributed by atoms with Crippen molar-refractivity contribution >= 4 is 21.6 Å². The van der Waals surface area contributed by atoms with E-state index in [9.17, 15) is 13.2 Å². The molecule has 0 saturated carbocycles. The van der Waals surface area contributed by atoms with Crippen LogP contribution in [0.5, 0.6) is 0 Å². The first-order valence-electron chi connectivity index (χ1n) is 6.81. The summed E-state index contributed by atoms with van der Waals surface area (Å²) in [5, 5.41) is 0. The summed E-state index contributed by atoms with van der Waals surface area (Å²) in [6.07, 6.45) is 0.536. The number of benzene rings is 1. The number of hydrogen-bond donors (Lipinski definition) is 2. The molecule has 0 heterocycles. The Kier molecular flexibility index (Phi) is 6.17. The number of rotatable bonds is 8. The van der Waals surface area contributed by atoms with Crippen LogP contribution in [0.3, 0.4) is 0 Å². The maximum atomic E-state index is 12.3. The lowest BCUT2D eigenvalue weighted by Gasteiger charge is -2.21. The average molecular weight is 313 g/mol. The Morgan fingerprint density at radius 3 is 2.52 bits per heavy atom. The summed E-state index contributed by atoms with van der Waals surface area (Å²) >= 11 is 0. The van der Waals surface area contributed by atoms with Gasteiger partial charge in [0.05, 0.1) is 12.3 Å². The molecule has 4 N–H and O–H groups in total. The summed E-state index contributed by atoms with van der Waals surface area (Å²) in [7, 11) is -3.53. The fourth-order valence-electron chi connectivity index (χ4n) is 1.84. The molecule has 1 aromatic rings. The van der Waals surface area contributed by atoms with Crippen molar-refractivity contribution in [2.24, 2.45) is 11.7 Å². The van der Waals surface area contributed by atoms with Crippen LogP contribution >= 0.6 is 0 Å². The van der Waals surface area contributed by atoms with Gasteiger partial charge < -0.3 is 11.5 Å². The highest BCUT2D eigenvalue weighted by Crippen LogP contribution is 2.14. The Bertz CT molecular complexity index is 585. The van der Waals surface area contributed by atoms with Crippen molar-refractivity contribution in [2.45, 2.75) is 26.8 Å². The number of nitrogen functional groups attached to an aromatic ring is 1. The fraction of sp³-hybridized carbons (Fsp3) is 0.500. The van der Waals surface area contributed by atoms with E-state index in [-0.39, 0.29) is 24.8 Å². The zero-order chi connectivity index (χ0) is 16.0. The number of carbonyl (C=O) groups is 1. The second-order valence-electron chi connectivity index (χ2n) is 5.48. The van der Waals surface area contributed by atoms with Crippen molar-refractivity contribution < 1.29 is 13.2 Å². The van der Waals surface area contributed by atoms with Crippen molar-refractivity contribution in [3.05, 3.63) is 29.8 Å². The molecule has 0 aliphatic heterocycles. The lowest BCUT2D eigenvalue weighted by atomic mass is 10.2. The highest BCUT2D eigenvalue weighted by molar-refractivity contribution is 7.89. The second kappa shape index (κ2) is 7.42. The Hall–Kier alpha value is -1.60. The Morgan fingerprint density at radius 1 is 1.33 bits per heavy atom. The molecule has 0 spiro atoms. The summed E-state index contributed by atoms with van der Waals surface area (Å²) < 4.78 is 25.8. The van der Waals surface area contributed by atoms with E-state index in [2.05, 4.69) is 0 Å². The number of anilines is 1. The summed E-state index contributed by atoms with van der Waals surface area (Å²) in [6, 6.07) is 6.91. The minimum atomic E-state index is -3.53. The first kappa shape index (κ1) is 17.5. The van der Waals surface area contributed by atoms with E-state index >= 15 is 0 Å². The number of amides is 1. The van der Waals surface area contributed by atoms with E-state index in [0.717, 1.165) is 9.87 Å². The van der Waals surface area contributed by atoms with E-state index in [1.165, 1.54) is 0 Å². The van der Waals surface area contributed by atoms with Crippen LogP contribution < -0.4 is 11.5 Å². The maximum absolute atomic E-state index is 12.3. The number of carbonyl (C=O) groups excluding carboxylic acids is 1. The summed E-state index contributed by atoms with van der Waals surface area (Å²) in [4.78, 5) is 11.1. The highest BCUT2D eigenvalue weighted by atomic mass is 32.2. The smallest absolute Gasteiger partial charge is 0.232 e. The number of nitrogens with two attached hydrogens (primary N) is 2. The third kappa shape index (κ3) is 6.14. The summed E-state index contributed by atoms with van der Waals surface area (Å²) in [5.41, 5.74) is 12.1. The first-order valence-corrected chi connectivity index (χ1v) is 8.42. The van der Waals surface area contributed by atoms with Gasteiger partial charge in [-0.3, -0.25) is 4.79 Å².